The zero-order valence-corrected chi connectivity index (χ0v) is 13.5. The van der Waals surface area contributed by atoms with Gasteiger partial charge in [-0.1, -0.05) is 54.9 Å². The third-order valence-electron chi connectivity index (χ3n) is 3.12. The Morgan fingerprint density at radius 2 is 1.89 bits per heavy atom. The van der Waals surface area contributed by atoms with Gasteiger partial charge in [0.25, 0.3) is 0 Å². The lowest BCUT2D eigenvalue weighted by molar-refractivity contribution is 0.508. The van der Waals surface area contributed by atoms with Gasteiger partial charge in [-0.25, -0.2) is 4.98 Å². The first-order valence-corrected chi connectivity index (χ1v) is 7.27. The monoisotopic (exact) mass is 321 g/mol. The molecule has 0 radical (unpaired) electrons. The van der Waals surface area contributed by atoms with E-state index in [4.69, 9.17) is 10.7 Å². The van der Waals surface area contributed by atoms with Gasteiger partial charge in [-0.15, -0.1) is 0 Å². The maximum absolute atomic E-state index is 6.29. The van der Waals surface area contributed by atoms with Crippen LogP contribution in [0.4, 0.5) is 5.82 Å². The average molecular weight is 322 g/mol. The molecule has 0 aliphatic heterocycles. The second kappa shape index (κ2) is 5.00. The number of rotatable bonds is 2. The topological polar surface area (TPSA) is 43.8 Å². The molecule has 0 amide bonds. The van der Waals surface area contributed by atoms with E-state index in [0.29, 0.717) is 0 Å². The van der Waals surface area contributed by atoms with Crippen LogP contribution >= 0.6 is 15.9 Å². The molecule has 0 aliphatic carbocycles. The van der Waals surface area contributed by atoms with Crippen LogP contribution in [0.1, 0.15) is 33.5 Å². The molecule has 2 aromatic rings. The Bertz CT molecular complexity index is 594. The highest BCUT2D eigenvalue weighted by Crippen LogP contribution is 2.35. The van der Waals surface area contributed by atoms with Crippen molar-refractivity contribution in [3.63, 3.8) is 0 Å². The molecule has 0 spiro atoms. The number of nitrogens with two attached hydrogens (primary N) is 1. The minimum Gasteiger partial charge on any atom is -0.383 e. The Balaban J connectivity index is 2.67. The number of hydrogen-bond acceptors (Lipinski definition) is 2. The van der Waals surface area contributed by atoms with E-state index >= 15 is 0 Å². The first kappa shape index (κ1) is 14.1. The van der Waals surface area contributed by atoms with Gasteiger partial charge in [0.2, 0.25) is 0 Å². The predicted octanol–water partition coefficient (Wildman–Crippen LogP) is 4.21. The summed E-state index contributed by atoms with van der Waals surface area (Å²) in [6.07, 6.45) is 0. The molecule has 0 atom stereocenters. The molecule has 0 aliphatic rings. The quantitative estimate of drug-likeness (QED) is 0.900. The van der Waals surface area contributed by atoms with Crippen molar-refractivity contribution in [2.75, 3.05) is 5.73 Å². The zero-order valence-electron chi connectivity index (χ0n) is 11.9. The van der Waals surface area contributed by atoms with E-state index in [9.17, 15) is 0 Å². The molecule has 1 aromatic heterocycles. The van der Waals surface area contributed by atoms with Crippen LogP contribution in [-0.2, 0) is 12.0 Å². The van der Waals surface area contributed by atoms with E-state index in [1.54, 1.807) is 0 Å². The van der Waals surface area contributed by atoms with Crippen molar-refractivity contribution in [2.45, 2.75) is 39.7 Å². The van der Waals surface area contributed by atoms with Gasteiger partial charge in [-0.05, 0) is 13.0 Å². The summed E-state index contributed by atoms with van der Waals surface area (Å²) in [4.78, 5) is 4.79. The molecule has 0 unspecified atom stereocenters. The maximum Gasteiger partial charge on any atom is 0.131 e. The van der Waals surface area contributed by atoms with Gasteiger partial charge in [-0.3, -0.25) is 0 Å². The zero-order chi connectivity index (χ0) is 14.2. The lowest BCUT2D eigenvalue weighted by Gasteiger charge is -2.19. The van der Waals surface area contributed by atoms with E-state index in [0.717, 1.165) is 33.9 Å². The summed E-state index contributed by atoms with van der Waals surface area (Å²) < 4.78 is 3.11. The second-order valence-electron chi connectivity index (χ2n) is 5.64. The lowest BCUT2D eigenvalue weighted by atomic mass is 9.95. The molecule has 2 N–H and O–H groups in total. The number of nitrogens with zero attached hydrogens (tertiary/aromatic N) is 2. The number of halogens is 1. The standard InChI is InChI=1S/C15H20BrN3/c1-5-19-13(17)12(18-14(19)15(2,3)4)10-8-6-7-9-11(10)16/h6-9H,5,17H2,1-4H3. The van der Waals surface area contributed by atoms with Gasteiger partial charge in [0, 0.05) is 22.0 Å². The summed E-state index contributed by atoms with van der Waals surface area (Å²) >= 11 is 3.57. The Labute approximate surface area is 123 Å². The van der Waals surface area contributed by atoms with E-state index in [1.807, 2.05) is 24.3 Å². The van der Waals surface area contributed by atoms with Gasteiger partial charge >= 0.3 is 0 Å². The molecule has 0 bridgehead atoms. The fourth-order valence-corrected chi connectivity index (χ4v) is 2.68. The molecule has 0 saturated carbocycles. The molecule has 1 heterocycles. The van der Waals surface area contributed by atoms with Gasteiger partial charge in [-0.2, -0.15) is 0 Å². The number of nitrogen functional groups attached to an aromatic ring is 1. The van der Waals surface area contributed by atoms with Gasteiger partial charge < -0.3 is 10.3 Å². The maximum atomic E-state index is 6.29. The number of aromatic nitrogens is 2. The SMILES string of the molecule is CCn1c(C(C)(C)C)nc(-c2ccccc2Br)c1N. The minimum absolute atomic E-state index is 0.0242. The van der Waals surface area contributed by atoms with Crippen molar-refractivity contribution in [3.05, 3.63) is 34.6 Å². The molecule has 2 rings (SSSR count). The van der Waals surface area contributed by atoms with Crippen LogP contribution in [-0.4, -0.2) is 9.55 Å². The average Bonchev–Trinajstić information content (AvgIpc) is 2.67. The lowest BCUT2D eigenvalue weighted by Crippen LogP contribution is -2.19. The fraction of sp³-hybridized carbons (Fsp3) is 0.400. The largest absolute Gasteiger partial charge is 0.383 e. The van der Waals surface area contributed by atoms with Gasteiger partial charge in [0.05, 0.1) is 0 Å². The molecule has 1 aromatic carbocycles. The highest BCUT2D eigenvalue weighted by atomic mass is 79.9. The summed E-state index contributed by atoms with van der Waals surface area (Å²) in [5, 5.41) is 0. The summed E-state index contributed by atoms with van der Waals surface area (Å²) in [5.74, 6) is 1.76. The van der Waals surface area contributed by atoms with Crippen LogP contribution in [0.2, 0.25) is 0 Å². The van der Waals surface area contributed by atoms with Crippen LogP contribution in [0.3, 0.4) is 0 Å². The molecule has 0 saturated heterocycles. The first-order valence-electron chi connectivity index (χ1n) is 6.47. The van der Waals surface area contributed by atoms with E-state index < -0.39 is 0 Å². The second-order valence-corrected chi connectivity index (χ2v) is 6.50. The van der Waals surface area contributed by atoms with Crippen LogP contribution in [0, 0.1) is 0 Å². The fourth-order valence-electron chi connectivity index (χ4n) is 2.21. The van der Waals surface area contributed by atoms with Crippen molar-refractivity contribution in [3.8, 4) is 11.3 Å². The van der Waals surface area contributed by atoms with Gasteiger partial charge in [0.1, 0.15) is 17.3 Å². The summed E-state index contributed by atoms with van der Waals surface area (Å²) in [6.45, 7) is 9.40. The van der Waals surface area contributed by atoms with Crippen LogP contribution in [0.25, 0.3) is 11.3 Å². The third-order valence-corrected chi connectivity index (χ3v) is 3.81. The Hall–Kier alpha value is -1.29. The molecular formula is C15H20BrN3. The highest BCUT2D eigenvalue weighted by Gasteiger charge is 2.25. The minimum atomic E-state index is -0.0242. The Kier molecular flexibility index (Phi) is 3.72. The van der Waals surface area contributed by atoms with E-state index in [2.05, 4.69) is 48.2 Å². The Morgan fingerprint density at radius 1 is 1.26 bits per heavy atom. The smallest absolute Gasteiger partial charge is 0.131 e. The van der Waals surface area contributed by atoms with Crippen LogP contribution in [0.15, 0.2) is 28.7 Å². The highest BCUT2D eigenvalue weighted by molar-refractivity contribution is 9.10. The number of anilines is 1. The van der Waals surface area contributed by atoms with Crippen molar-refractivity contribution in [2.24, 2.45) is 0 Å². The summed E-state index contributed by atoms with van der Waals surface area (Å²) in [7, 11) is 0. The summed E-state index contributed by atoms with van der Waals surface area (Å²) in [5.41, 5.74) is 8.17. The first-order chi connectivity index (χ1) is 8.86. The van der Waals surface area contributed by atoms with Crippen molar-refractivity contribution < 1.29 is 0 Å². The van der Waals surface area contributed by atoms with Crippen LogP contribution in [0.5, 0.6) is 0 Å². The normalized spacial score (nSPS) is 11.8. The van der Waals surface area contributed by atoms with Crippen molar-refractivity contribution in [1.82, 2.24) is 9.55 Å². The number of hydrogen-bond donors (Lipinski definition) is 1. The van der Waals surface area contributed by atoms with Crippen molar-refractivity contribution in [1.29, 1.82) is 0 Å². The molecule has 19 heavy (non-hydrogen) atoms. The molecule has 3 nitrogen and oxygen atoms in total. The number of benzene rings is 1. The van der Waals surface area contributed by atoms with E-state index in [1.165, 1.54) is 0 Å². The van der Waals surface area contributed by atoms with E-state index in [-0.39, 0.29) is 5.41 Å². The summed E-state index contributed by atoms with van der Waals surface area (Å²) in [6, 6.07) is 8.04. The molecule has 0 fully saturated rings. The number of imidazole rings is 1. The Morgan fingerprint density at radius 3 is 2.37 bits per heavy atom. The predicted molar refractivity (Wildman–Crippen MR) is 84.1 cm³/mol. The van der Waals surface area contributed by atoms with Crippen molar-refractivity contribution >= 4 is 21.7 Å². The molecular weight excluding hydrogens is 302 g/mol. The molecule has 4 heteroatoms. The van der Waals surface area contributed by atoms with Crippen LogP contribution < -0.4 is 5.73 Å². The third kappa shape index (κ3) is 2.54. The molecule has 102 valence electrons. The van der Waals surface area contributed by atoms with Gasteiger partial charge in [0.15, 0.2) is 0 Å².